The molecule has 12 heteroatoms. The van der Waals surface area contributed by atoms with E-state index in [4.69, 9.17) is 9.47 Å². The van der Waals surface area contributed by atoms with Gasteiger partial charge in [-0.3, -0.25) is 4.57 Å². The first-order valence-electron chi connectivity index (χ1n) is 10.5. The molecule has 1 fully saturated rings. The number of hydrogen-bond acceptors (Lipinski definition) is 8. The fourth-order valence-corrected chi connectivity index (χ4v) is 3.74. The predicted octanol–water partition coefficient (Wildman–Crippen LogP) is 3.26. The van der Waals surface area contributed by atoms with E-state index in [1.807, 2.05) is 20.8 Å². The van der Waals surface area contributed by atoms with Crippen LogP contribution in [0.4, 0.5) is 16.4 Å². The molecule has 178 valence electrons. The van der Waals surface area contributed by atoms with Crippen molar-refractivity contribution >= 4 is 41.3 Å². The van der Waals surface area contributed by atoms with Crippen LogP contribution in [0.1, 0.15) is 39.7 Å². The van der Waals surface area contributed by atoms with Gasteiger partial charge in [-0.25, -0.2) is 19.6 Å². The Morgan fingerprint density at radius 2 is 2.09 bits per heavy atom. The summed E-state index contributed by atoms with van der Waals surface area (Å²) in [5.74, 6) is 0.708. The van der Waals surface area contributed by atoms with Crippen molar-refractivity contribution in [2.75, 3.05) is 25.5 Å². The number of aromatic amines is 1. The topological polar surface area (TPSA) is 127 Å². The molecular weight excluding hydrogens is 450 g/mol. The Kier molecular flexibility index (Phi) is 7.11. The first-order valence-corrected chi connectivity index (χ1v) is 10.5. The number of likely N-dealkylation sites (tertiary alicyclic amines) is 1. The average molecular weight is 478 g/mol. The van der Waals surface area contributed by atoms with Gasteiger partial charge in [0.25, 0.3) is 0 Å². The number of pyridine rings is 1. The number of imidazole rings is 1. The summed E-state index contributed by atoms with van der Waals surface area (Å²) >= 11 is 0. The summed E-state index contributed by atoms with van der Waals surface area (Å²) in [7, 11) is 1.53. The maximum atomic E-state index is 12.8. The number of halogens is 1. The molecule has 33 heavy (non-hydrogen) atoms. The maximum absolute atomic E-state index is 12.8. The van der Waals surface area contributed by atoms with Gasteiger partial charge < -0.3 is 24.7 Å². The molecule has 0 aromatic carbocycles. The number of fused-ring (bicyclic) bond motifs is 1. The molecule has 4 heterocycles. The Hall–Kier alpha value is -3.34. The first-order chi connectivity index (χ1) is 15.2. The molecule has 11 nitrogen and oxygen atoms in total. The molecule has 1 unspecified atom stereocenters. The highest BCUT2D eigenvalue weighted by Crippen LogP contribution is 2.26. The molecule has 0 bridgehead atoms. The van der Waals surface area contributed by atoms with Gasteiger partial charge in [0.15, 0.2) is 5.65 Å². The number of piperidine rings is 1. The largest absolute Gasteiger partial charge is 0.480 e. The van der Waals surface area contributed by atoms with E-state index >= 15 is 0 Å². The minimum absolute atomic E-state index is 0. The number of methoxy groups -OCH3 is 1. The molecule has 4 rings (SSSR count). The number of nitrogens with one attached hydrogen (secondary N) is 2. The Morgan fingerprint density at radius 1 is 1.30 bits per heavy atom. The number of anilines is 2. The third-order valence-corrected chi connectivity index (χ3v) is 5.08. The SMILES string of the molecule is COc1ncccc1Nc1ncc2[nH]c(=O)n(C3CCCN(C(=O)OC(C)(C)C)C3)c2n1.Cl. The van der Waals surface area contributed by atoms with Crippen molar-refractivity contribution in [2.24, 2.45) is 0 Å². The first kappa shape index (κ1) is 24.3. The van der Waals surface area contributed by atoms with Crippen molar-refractivity contribution < 1.29 is 14.3 Å². The maximum Gasteiger partial charge on any atom is 0.410 e. The number of H-pyrrole nitrogens is 1. The molecule has 1 aliphatic rings. The summed E-state index contributed by atoms with van der Waals surface area (Å²) in [6.45, 7) is 6.45. The number of aromatic nitrogens is 5. The van der Waals surface area contributed by atoms with E-state index in [0.29, 0.717) is 41.8 Å². The van der Waals surface area contributed by atoms with E-state index in [1.54, 1.807) is 34.0 Å². The minimum atomic E-state index is -0.581. The quantitative estimate of drug-likeness (QED) is 0.586. The van der Waals surface area contributed by atoms with Crippen LogP contribution >= 0.6 is 12.4 Å². The second kappa shape index (κ2) is 9.65. The lowest BCUT2D eigenvalue weighted by molar-refractivity contribution is 0.0172. The van der Waals surface area contributed by atoms with Gasteiger partial charge in [0.1, 0.15) is 16.8 Å². The number of carbonyl (C=O) groups is 1. The second-order valence-corrected chi connectivity index (χ2v) is 8.64. The van der Waals surface area contributed by atoms with Gasteiger partial charge >= 0.3 is 11.8 Å². The van der Waals surface area contributed by atoms with E-state index in [9.17, 15) is 9.59 Å². The highest BCUT2D eigenvalue weighted by Gasteiger charge is 2.30. The molecule has 1 atom stereocenters. The van der Waals surface area contributed by atoms with Gasteiger partial charge in [-0.05, 0) is 45.7 Å². The van der Waals surface area contributed by atoms with Crippen LogP contribution < -0.4 is 15.7 Å². The van der Waals surface area contributed by atoms with Crippen LogP contribution in [0, 0.1) is 0 Å². The van der Waals surface area contributed by atoms with Crippen molar-refractivity contribution in [3.8, 4) is 5.88 Å². The zero-order valence-corrected chi connectivity index (χ0v) is 19.8. The van der Waals surface area contributed by atoms with Crippen LogP contribution in [0.25, 0.3) is 11.2 Å². The highest BCUT2D eigenvalue weighted by molar-refractivity contribution is 5.85. The average Bonchev–Trinajstić information content (AvgIpc) is 3.08. The van der Waals surface area contributed by atoms with Gasteiger partial charge in [0.05, 0.1) is 19.3 Å². The number of rotatable bonds is 4. The van der Waals surface area contributed by atoms with Gasteiger partial charge in [-0.15, -0.1) is 12.4 Å². The molecule has 0 radical (unpaired) electrons. The molecule has 0 aliphatic carbocycles. The minimum Gasteiger partial charge on any atom is -0.480 e. The molecular formula is C21H28ClN7O4. The Labute approximate surface area is 196 Å². The lowest BCUT2D eigenvalue weighted by Gasteiger charge is -2.34. The summed E-state index contributed by atoms with van der Waals surface area (Å²) in [6, 6.07) is 3.33. The van der Waals surface area contributed by atoms with E-state index in [1.165, 1.54) is 7.11 Å². The summed E-state index contributed by atoms with van der Waals surface area (Å²) in [5.41, 5.74) is 0.719. The van der Waals surface area contributed by atoms with E-state index < -0.39 is 5.60 Å². The Balaban J connectivity index is 0.00000306. The van der Waals surface area contributed by atoms with Gasteiger partial charge in [0.2, 0.25) is 11.8 Å². The van der Waals surface area contributed by atoms with Gasteiger partial charge in [0, 0.05) is 19.3 Å². The second-order valence-electron chi connectivity index (χ2n) is 8.64. The third kappa shape index (κ3) is 5.36. The standard InChI is InChI=1S/C21H27N7O4.ClH/c1-21(2,3)32-20(30)27-10-6-7-13(12-27)28-16-15(25-19(28)29)11-23-18(26-16)24-14-8-5-9-22-17(14)31-4;/h5,8-9,11,13H,6-7,10,12H2,1-4H3,(H,25,29)(H,23,24,26);1H. The van der Waals surface area contributed by atoms with Crippen molar-refractivity contribution in [3.63, 3.8) is 0 Å². The summed E-state index contributed by atoms with van der Waals surface area (Å²) in [5, 5.41) is 3.08. The molecule has 0 spiro atoms. The summed E-state index contributed by atoms with van der Waals surface area (Å²) < 4.78 is 12.4. The summed E-state index contributed by atoms with van der Waals surface area (Å²) in [4.78, 5) is 42.8. The van der Waals surface area contributed by atoms with Crippen LogP contribution in [0.3, 0.4) is 0 Å². The van der Waals surface area contributed by atoms with Gasteiger partial charge in [-0.1, -0.05) is 0 Å². The zero-order chi connectivity index (χ0) is 22.9. The van der Waals surface area contributed by atoms with Crippen molar-refractivity contribution in [3.05, 3.63) is 35.0 Å². The Morgan fingerprint density at radius 3 is 2.82 bits per heavy atom. The number of amides is 1. The molecule has 2 N–H and O–H groups in total. The third-order valence-electron chi connectivity index (χ3n) is 5.08. The lowest BCUT2D eigenvalue weighted by atomic mass is 10.1. The fourth-order valence-electron chi connectivity index (χ4n) is 3.74. The van der Waals surface area contributed by atoms with Crippen molar-refractivity contribution in [2.45, 2.75) is 45.3 Å². The normalized spacial score (nSPS) is 16.2. The molecule has 1 amide bonds. The predicted molar refractivity (Wildman–Crippen MR) is 126 cm³/mol. The molecule has 0 saturated carbocycles. The van der Waals surface area contributed by atoms with Crippen LogP contribution in [-0.2, 0) is 4.74 Å². The Bertz CT molecular complexity index is 1190. The van der Waals surface area contributed by atoms with E-state index in [2.05, 4.69) is 25.3 Å². The molecule has 1 aliphatic heterocycles. The number of carbonyl (C=O) groups excluding carboxylic acids is 1. The van der Waals surface area contributed by atoms with E-state index in [0.717, 1.165) is 12.8 Å². The van der Waals surface area contributed by atoms with Crippen molar-refractivity contribution in [1.29, 1.82) is 0 Å². The number of ether oxygens (including phenoxy) is 2. The van der Waals surface area contributed by atoms with Crippen LogP contribution in [-0.4, -0.2) is 61.3 Å². The monoisotopic (exact) mass is 477 g/mol. The van der Waals surface area contributed by atoms with Crippen LogP contribution in [0.2, 0.25) is 0 Å². The summed E-state index contributed by atoms with van der Waals surface area (Å²) in [6.07, 6.45) is 4.30. The fraction of sp³-hybridized carbons (Fsp3) is 0.476. The molecule has 1 saturated heterocycles. The number of hydrogen-bond donors (Lipinski definition) is 2. The number of nitrogens with zero attached hydrogens (tertiary/aromatic N) is 5. The highest BCUT2D eigenvalue weighted by atomic mass is 35.5. The lowest BCUT2D eigenvalue weighted by Crippen LogP contribution is -2.44. The molecule has 3 aromatic heterocycles. The van der Waals surface area contributed by atoms with Crippen LogP contribution in [0.15, 0.2) is 29.3 Å². The van der Waals surface area contributed by atoms with Crippen molar-refractivity contribution in [1.82, 2.24) is 29.4 Å². The van der Waals surface area contributed by atoms with Crippen LogP contribution in [0.5, 0.6) is 5.88 Å². The zero-order valence-electron chi connectivity index (χ0n) is 19.0. The van der Waals surface area contributed by atoms with Gasteiger partial charge in [-0.2, -0.15) is 4.98 Å². The smallest absolute Gasteiger partial charge is 0.410 e. The van der Waals surface area contributed by atoms with E-state index in [-0.39, 0.29) is 30.2 Å². The molecule has 3 aromatic rings.